The van der Waals surface area contributed by atoms with E-state index in [-0.39, 0.29) is 17.4 Å². The first-order valence-electron chi connectivity index (χ1n) is 6.51. The monoisotopic (exact) mass is 285 g/mol. The van der Waals surface area contributed by atoms with Gasteiger partial charge in [-0.1, -0.05) is 26.8 Å². The van der Waals surface area contributed by atoms with Crippen molar-refractivity contribution < 1.29 is 13.5 Å². The van der Waals surface area contributed by atoms with Gasteiger partial charge in [-0.2, -0.15) is 0 Å². The van der Waals surface area contributed by atoms with Gasteiger partial charge in [-0.05, 0) is 35.6 Å². The Morgan fingerprint density at radius 2 is 1.89 bits per heavy atom. The minimum absolute atomic E-state index is 0.138. The summed E-state index contributed by atoms with van der Waals surface area (Å²) in [5.41, 5.74) is 1.66. The van der Waals surface area contributed by atoms with Crippen molar-refractivity contribution in [3.05, 3.63) is 29.3 Å². The molecular formula is C14H23NO3S. The van der Waals surface area contributed by atoms with E-state index in [2.05, 4.69) is 0 Å². The molecule has 0 atom stereocenters. The molecule has 0 aliphatic carbocycles. The van der Waals surface area contributed by atoms with E-state index in [1.54, 1.807) is 25.2 Å². The molecular weight excluding hydrogens is 262 g/mol. The number of hydrogen-bond acceptors (Lipinski definition) is 3. The first-order valence-corrected chi connectivity index (χ1v) is 7.95. The van der Waals surface area contributed by atoms with Gasteiger partial charge in [-0.3, -0.25) is 0 Å². The molecule has 0 heterocycles. The molecule has 5 heteroatoms. The van der Waals surface area contributed by atoms with Crippen molar-refractivity contribution in [2.24, 2.45) is 5.92 Å². The van der Waals surface area contributed by atoms with Gasteiger partial charge in [0.15, 0.2) is 0 Å². The lowest BCUT2D eigenvalue weighted by Gasteiger charge is -2.20. The zero-order chi connectivity index (χ0) is 14.6. The lowest BCUT2D eigenvalue weighted by molar-refractivity contribution is 0.280. The standard InChI is InChI=1S/C14H23NO3S/c1-5-12-6-7-14(8-13(12)10-16)19(17,18)15(4)9-11(2)3/h6-8,11,16H,5,9-10H2,1-4H3. The van der Waals surface area contributed by atoms with Crippen LogP contribution in [0.4, 0.5) is 0 Å². The van der Waals surface area contributed by atoms with Crippen LogP contribution in [0.5, 0.6) is 0 Å². The van der Waals surface area contributed by atoms with Gasteiger partial charge in [-0.15, -0.1) is 0 Å². The normalized spacial score (nSPS) is 12.4. The maximum atomic E-state index is 12.4. The summed E-state index contributed by atoms with van der Waals surface area (Å²) in [6.07, 6.45) is 0.776. The second-order valence-corrected chi connectivity index (χ2v) is 7.17. The molecule has 1 rings (SSSR count). The first-order chi connectivity index (χ1) is 8.82. The smallest absolute Gasteiger partial charge is 0.242 e. The molecule has 0 spiro atoms. The van der Waals surface area contributed by atoms with Crippen LogP contribution in [-0.4, -0.2) is 31.4 Å². The van der Waals surface area contributed by atoms with Crippen molar-refractivity contribution in [1.29, 1.82) is 0 Å². The molecule has 0 amide bonds. The van der Waals surface area contributed by atoms with Crippen LogP contribution in [0, 0.1) is 5.92 Å². The summed E-state index contributed by atoms with van der Waals surface area (Å²) in [6.45, 7) is 6.27. The molecule has 108 valence electrons. The number of aliphatic hydroxyl groups is 1. The van der Waals surface area contributed by atoms with Crippen LogP contribution in [0.15, 0.2) is 23.1 Å². The van der Waals surface area contributed by atoms with E-state index in [9.17, 15) is 13.5 Å². The van der Waals surface area contributed by atoms with Gasteiger partial charge >= 0.3 is 0 Å². The third kappa shape index (κ3) is 3.78. The van der Waals surface area contributed by atoms with Crippen LogP contribution < -0.4 is 0 Å². The topological polar surface area (TPSA) is 57.6 Å². The van der Waals surface area contributed by atoms with E-state index in [0.717, 1.165) is 12.0 Å². The van der Waals surface area contributed by atoms with E-state index >= 15 is 0 Å². The molecule has 0 unspecified atom stereocenters. The maximum Gasteiger partial charge on any atom is 0.242 e. The molecule has 0 aliphatic heterocycles. The van der Waals surface area contributed by atoms with Crippen LogP contribution in [0.2, 0.25) is 0 Å². The number of sulfonamides is 1. The Labute approximate surface area is 116 Å². The molecule has 0 saturated carbocycles. The van der Waals surface area contributed by atoms with E-state index in [1.165, 1.54) is 4.31 Å². The average molecular weight is 285 g/mol. The molecule has 0 aromatic heterocycles. The molecule has 1 aromatic carbocycles. The zero-order valence-corrected chi connectivity index (χ0v) is 12.9. The molecule has 19 heavy (non-hydrogen) atoms. The van der Waals surface area contributed by atoms with Gasteiger partial charge in [0.2, 0.25) is 10.0 Å². The minimum atomic E-state index is -3.47. The van der Waals surface area contributed by atoms with E-state index < -0.39 is 10.0 Å². The third-order valence-electron chi connectivity index (χ3n) is 3.06. The predicted octanol–water partition coefficient (Wildman–Crippen LogP) is 2.02. The molecule has 0 radical (unpaired) electrons. The second-order valence-electron chi connectivity index (χ2n) is 5.12. The SMILES string of the molecule is CCc1ccc(S(=O)(=O)N(C)CC(C)C)cc1CO. The molecule has 4 nitrogen and oxygen atoms in total. The Hall–Kier alpha value is -0.910. The fourth-order valence-corrected chi connectivity index (χ4v) is 3.43. The van der Waals surface area contributed by atoms with Crippen molar-refractivity contribution in [1.82, 2.24) is 4.31 Å². The lowest BCUT2D eigenvalue weighted by Crippen LogP contribution is -2.30. The highest BCUT2D eigenvalue weighted by molar-refractivity contribution is 7.89. The molecule has 0 bridgehead atoms. The van der Waals surface area contributed by atoms with Crippen molar-refractivity contribution >= 4 is 10.0 Å². The van der Waals surface area contributed by atoms with Gasteiger partial charge in [0.25, 0.3) is 0 Å². The van der Waals surface area contributed by atoms with Gasteiger partial charge < -0.3 is 5.11 Å². The maximum absolute atomic E-state index is 12.4. The second kappa shape index (κ2) is 6.50. The molecule has 0 saturated heterocycles. The summed E-state index contributed by atoms with van der Waals surface area (Å²) in [5.74, 6) is 0.270. The Bertz CT molecular complexity index is 523. The van der Waals surface area contributed by atoms with Crippen molar-refractivity contribution in [2.45, 2.75) is 38.7 Å². The average Bonchev–Trinajstić information content (AvgIpc) is 2.36. The predicted molar refractivity (Wildman–Crippen MR) is 76.4 cm³/mol. The number of hydrogen-bond donors (Lipinski definition) is 1. The highest BCUT2D eigenvalue weighted by Gasteiger charge is 2.22. The van der Waals surface area contributed by atoms with Crippen LogP contribution in [0.25, 0.3) is 0 Å². The summed E-state index contributed by atoms with van der Waals surface area (Å²) in [5, 5.41) is 9.32. The minimum Gasteiger partial charge on any atom is -0.392 e. The zero-order valence-electron chi connectivity index (χ0n) is 12.0. The van der Waals surface area contributed by atoms with Crippen LogP contribution in [-0.2, 0) is 23.1 Å². The van der Waals surface area contributed by atoms with Crippen molar-refractivity contribution in [2.75, 3.05) is 13.6 Å². The summed E-state index contributed by atoms with van der Waals surface area (Å²) in [7, 11) is -1.88. The molecule has 1 N–H and O–H groups in total. The number of aliphatic hydroxyl groups excluding tert-OH is 1. The molecule has 0 fully saturated rings. The Morgan fingerprint density at radius 1 is 1.26 bits per heavy atom. The summed E-state index contributed by atoms with van der Waals surface area (Å²) >= 11 is 0. The van der Waals surface area contributed by atoms with Crippen LogP contribution in [0.1, 0.15) is 31.9 Å². The van der Waals surface area contributed by atoms with Crippen molar-refractivity contribution in [3.8, 4) is 0 Å². The number of nitrogens with zero attached hydrogens (tertiary/aromatic N) is 1. The Kier molecular flexibility index (Phi) is 5.52. The molecule has 0 aliphatic rings. The quantitative estimate of drug-likeness (QED) is 0.870. The fourth-order valence-electron chi connectivity index (χ4n) is 2.05. The van der Waals surface area contributed by atoms with Crippen LogP contribution in [0.3, 0.4) is 0 Å². The van der Waals surface area contributed by atoms with E-state index in [4.69, 9.17) is 0 Å². The highest BCUT2D eigenvalue weighted by atomic mass is 32.2. The Morgan fingerprint density at radius 3 is 2.37 bits per heavy atom. The first kappa shape index (κ1) is 16.1. The van der Waals surface area contributed by atoms with E-state index in [1.807, 2.05) is 20.8 Å². The fraction of sp³-hybridized carbons (Fsp3) is 0.571. The van der Waals surface area contributed by atoms with Gasteiger partial charge in [0.05, 0.1) is 11.5 Å². The van der Waals surface area contributed by atoms with E-state index in [0.29, 0.717) is 12.1 Å². The summed E-state index contributed by atoms with van der Waals surface area (Å²) in [4.78, 5) is 0.247. The number of rotatable bonds is 6. The third-order valence-corrected chi connectivity index (χ3v) is 4.88. The Balaban J connectivity index is 3.15. The van der Waals surface area contributed by atoms with Gasteiger partial charge in [0.1, 0.15) is 0 Å². The van der Waals surface area contributed by atoms with Crippen LogP contribution >= 0.6 is 0 Å². The lowest BCUT2D eigenvalue weighted by atomic mass is 10.1. The van der Waals surface area contributed by atoms with Crippen molar-refractivity contribution in [3.63, 3.8) is 0 Å². The number of benzene rings is 1. The summed E-state index contributed by atoms with van der Waals surface area (Å²) in [6, 6.07) is 4.97. The summed E-state index contributed by atoms with van der Waals surface area (Å²) < 4.78 is 26.1. The highest BCUT2D eigenvalue weighted by Crippen LogP contribution is 2.20. The molecule has 1 aromatic rings. The number of aryl methyl sites for hydroxylation is 1. The largest absolute Gasteiger partial charge is 0.392 e. The van der Waals surface area contributed by atoms with Gasteiger partial charge in [0, 0.05) is 13.6 Å². The van der Waals surface area contributed by atoms with Gasteiger partial charge in [-0.25, -0.2) is 12.7 Å².